The van der Waals surface area contributed by atoms with Crippen LogP contribution < -0.4 is 15.5 Å². The zero-order valence-electron chi connectivity index (χ0n) is 16.9. The highest BCUT2D eigenvalue weighted by molar-refractivity contribution is 5.79. The molecule has 0 saturated heterocycles. The van der Waals surface area contributed by atoms with Gasteiger partial charge in [0.15, 0.2) is 17.4 Å². The number of aliphatic imine (C=N–C) groups is 1. The lowest BCUT2D eigenvalue weighted by Gasteiger charge is -2.24. The Morgan fingerprint density at radius 1 is 1.11 bits per heavy atom. The van der Waals surface area contributed by atoms with Crippen molar-refractivity contribution < 1.29 is 0 Å². The first-order valence-electron chi connectivity index (χ1n) is 9.83. The summed E-state index contributed by atoms with van der Waals surface area (Å²) in [6, 6.07) is 14.5. The van der Waals surface area contributed by atoms with Crippen molar-refractivity contribution in [2.24, 2.45) is 4.99 Å². The summed E-state index contributed by atoms with van der Waals surface area (Å²) in [6.45, 7) is 10.3. The molecule has 0 spiro atoms. The van der Waals surface area contributed by atoms with Crippen LogP contribution in [-0.2, 0) is 6.54 Å². The Morgan fingerprint density at radius 2 is 2.00 bits per heavy atom. The minimum absolute atomic E-state index is 0.468. The largest absolute Gasteiger partial charge is 0.370 e. The first-order chi connectivity index (χ1) is 13.7. The number of aryl methyl sites for hydroxylation is 1. The molecule has 2 heterocycles. The molecule has 3 rings (SSSR count). The second-order valence-corrected chi connectivity index (χ2v) is 6.59. The molecule has 2 aromatic heterocycles. The molecule has 0 unspecified atom stereocenters. The maximum atomic E-state index is 4.67. The molecule has 7 heteroatoms. The average Bonchev–Trinajstić information content (AvgIpc) is 3.12. The third-order valence-corrected chi connectivity index (χ3v) is 4.53. The number of guanidine groups is 1. The SMILES string of the molecule is CCNC(=NCc1nnc2ccccn12)NCCN(CC)c1cccc(C)c1. The molecule has 148 valence electrons. The van der Waals surface area contributed by atoms with Crippen LogP contribution in [0.4, 0.5) is 5.69 Å². The van der Waals surface area contributed by atoms with Crippen LogP contribution in [0.1, 0.15) is 25.2 Å². The summed E-state index contributed by atoms with van der Waals surface area (Å²) in [7, 11) is 0. The van der Waals surface area contributed by atoms with E-state index in [1.165, 1.54) is 11.3 Å². The second-order valence-electron chi connectivity index (χ2n) is 6.59. The molecule has 0 aliphatic heterocycles. The summed E-state index contributed by atoms with van der Waals surface area (Å²) in [5.74, 6) is 1.61. The molecular formula is C21H29N7. The summed E-state index contributed by atoms with van der Waals surface area (Å²) in [6.07, 6.45) is 1.96. The van der Waals surface area contributed by atoms with Gasteiger partial charge >= 0.3 is 0 Å². The number of hydrogen-bond donors (Lipinski definition) is 2. The maximum Gasteiger partial charge on any atom is 0.191 e. The molecule has 0 aliphatic rings. The molecule has 0 fully saturated rings. The Bertz CT molecular complexity index is 916. The molecule has 0 radical (unpaired) electrons. The van der Waals surface area contributed by atoms with Crippen molar-refractivity contribution in [3.63, 3.8) is 0 Å². The lowest BCUT2D eigenvalue weighted by atomic mass is 10.2. The number of nitrogens with one attached hydrogen (secondary N) is 2. The van der Waals surface area contributed by atoms with Crippen LogP contribution in [0.25, 0.3) is 5.65 Å². The smallest absolute Gasteiger partial charge is 0.191 e. The predicted octanol–water partition coefficient (Wildman–Crippen LogP) is 2.62. The summed E-state index contributed by atoms with van der Waals surface area (Å²) >= 11 is 0. The number of rotatable bonds is 8. The fraction of sp³-hybridized carbons (Fsp3) is 0.381. The highest BCUT2D eigenvalue weighted by Gasteiger charge is 2.07. The molecule has 0 aliphatic carbocycles. The number of benzene rings is 1. The molecule has 28 heavy (non-hydrogen) atoms. The van der Waals surface area contributed by atoms with E-state index in [0.717, 1.165) is 43.6 Å². The number of pyridine rings is 1. The van der Waals surface area contributed by atoms with E-state index >= 15 is 0 Å². The normalized spacial score (nSPS) is 11.6. The average molecular weight is 380 g/mol. The summed E-state index contributed by atoms with van der Waals surface area (Å²) in [4.78, 5) is 7.02. The molecular weight excluding hydrogens is 350 g/mol. The van der Waals surface area contributed by atoms with Crippen LogP contribution in [0.3, 0.4) is 0 Å². The fourth-order valence-corrected chi connectivity index (χ4v) is 3.09. The third-order valence-electron chi connectivity index (χ3n) is 4.53. The summed E-state index contributed by atoms with van der Waals surface area (Å²) in [5.41, 5.74) is 3.36. The van der Waals surface area contributed by atoms with Gasteiger partial charge in [-0.2, -0.15) is 0 Å². The molecule has 0 saturated carbocycles. The Balaban J connectivity index is 1.60. The number of hydrogen-bond acceptors (Lipinski definition) is 4. The zero-order valence-corrected chi connectivity index (χ0v) is 16.9. The zero-order chi connectivity index (χ0) is 19.8. The van der Waals surface area contributed by atoms with Crippen LogP contribution in [0.5, 0.6) is 0 Å². The highest BCUT2D eigenvalue weighted by Crippen LogP contribution is 2.14. The molecule has 1 aromatic carbocycles. The van der Waals surface area contributed by atoms with E-state index in [-0.39, 0.29) is 0 Å². The van der Waals surface area contributed by atoms with Gasteiger partial charge in [0, 0.05) is 38.1 Å². The monoisotopic (exact) mass is 379 g/mol. The lowest BCUT2D eigenvalue weighted by Crippen LogP contribution is -2.41. The standard InChI is InChI=1S/C21H29N7/c1-4-22-21(24-16-20-26-25-19-11-6-7-13-28(19)20)23-12-14-27(5-2)18-10-8-9-17(3)15-18/h6-11,13,15H,4-5,12,14,16H2,1-3H3,(H2,22,23,24). The van der Waals surface area contributed by atoms with Crippen molar-refractivity contribution in [2.45, 2.75) is 27.3 Å². The molecule has 0 bridgehead atoms. The van der Waals surface area contributed by atoms with Gasteiger partial charge in [-0.05, 0) is 50.6 Å². The van der Waals surface area contributed by atoms with E-state index in [4.69, 9.17) is 0 Å². The van der Waals surface area contributed by atoms with E-state index < -0.39 is 0 Å². The van der Waals surface area contributed by atoms with Crippen LogP contribution in [0.15, 0.2) is 53.7 Å². The van der Waals surface area contributed by atoms with Crippen LogP contribution >= 0.6 is 0 Å². The number of likely N-dealkylation sites (N-methyl/N-ethyl adjacent to an activating group) is 1. The number of fused-ring (bicyclic) bond motifs is 1. The molecule has 0 amide bonds. The topological polar surface area (TPSA) is 69.8 Å². The van der Waals surface area contributed by atoms with Gasteiger partial charge in [-0.3, -0.25) is 4.40 Å². The second kappa shape index (κ2) is 9.73. The van der Waals surface area contributed by atoms with Crippen molar-refractivity contribution in [3.8, 4) is 0 Å². The van der Waals surface area contributed by atoms with Gasteiger partial charge in [0.2, 0.25) is 0 Å². The van der Waals surface area contributed by atoms with E-state index in [9.17, 15) is 0 Å². The number of nitrogens with zero attached hydrogens (tertiary/aromatic N) is 5. The molecule has 0 atom stereocenters. The van der Waals surface area contributed by atoms with Gasteiger partial charge in [0.25, 0.3) is 0 Å². The van der Waals surface area contributed by atoms with Gasteiger partial charge < -0.3 is 15.5 Å². The van der Waals surface area contributed by atoms with Crippen molar-refractivity contribution in [1.82, 2.24) is 25.2 Å². The first-order valence-corrected chi connectivity index (χ1v) is 9.83. The van der Waals surface area contributed by atoms with Crippen LogP contribution in [0, 0.1) is 6.92 Å². The molecule has 2 N–H and O–H groups in total. The Labute approximate surface area is 166 Å². The number of aromatic nitrogens is 3. The van der Waals surface area contributed by atoms with Crippen molar-refractivity contribution in [2.75, 3.05) is 31.1 Å². The number of anilines is 1. The fourth-order valence-electron chi connectivity index (χ4n) is 3.09. The van der Waals surface area contributed by atoms with Crippen molar-refractivity contribution in [1.29, 1.82) is 0 Å². The Hall–Kier alpha value is -3.09. The van der Waals surface area contributed by atoms with E-state index in [1.54, 1.807) is 0 Å². The lowest BCUT2D eigenvalue weighted by molar-refractivity contribution is 0.747. The summed E-state index contributed by atoms with van der Waals surface area (Å²) < 4.78 is 1.96. The van der Waals surface area contributed by atoms with Gasteiger partial charge in [0.05, 0.1) is 0 Å². The van der Waals surface area contributed by atoms with E-state index in [2.05, 4.69) is 75.8 Å². The van der Waals surface area contributed by atoms with E-state index in [0.29, 0.717) is 6.54 Å². The first kappa shape index (κ1) is 19.7. The summed E-state index contributed by atoms with van der Waals surface area (Å²) in [5, 5.41) is 15.1. The Morgan fingerprint density at radius 3 is 2.79 bits per heavy atom. The Kier molecular flexibility index (Phi) is 6.84. The molecule has 3 aromatic rings. The third kappa shape index (κ3) is 5.00. The van der Waals surface area contributed by atoms with Crippen LogP contribution in [-0.4, -0.2) is 46.7 Å². The van der Waals surface area contributed by atoms with Crippen molar-refractivity contribution >= 4 is 17.3 Å². The maximum absolute atomic E-state index is 4.67. The van der Waals surface area contributed by atoms with Crippen LogP contribution in [0.2, 0.25) is 0 Å². The quantitative estimate of drug-likeness (QED) is 0.465. The van der Waals surface area contributed by atoms with Gasteiger partial charge in [0.1, 0.15) is 6.54 Å². The minimum atomic E-state index is 0.468. The van der Waals surface area contributed by atoms with Crippen molar-refractivity contribution in [3.05, 3.63) is 60.0 Å². The van der Waals surface area contributed by atoms with Gasteiger partial charge in [-0.1, -0.05) is 18.2 Å². The molecule has 7 nitrogen and oxygen atoms in total. The van der Waals surface area contributed by atoms with Gasteiger partial charge in [-0.15, -0.1) is 10.2 Å². The predicted molar refractivity (Wildman–Crippen MR) is 115 cm³/mol. The van der Waals surface area contributed by atoms with Gasteiger partial charge in [-0.25, -0.2) is 4.99 Å². The highest BCUT2D eigenvalue weighted by atomic mass is 15.3. The van der Waals surface area contributed by atoms with E-state index in [1.807, 2.05) is 28.8 Å². The minimum Gasteiger partial charge on any atom is -0.370 e.